The van der Waals surface area contributed by atoms with Crippen molar-refractivity contribution in [2.24, 2.45) is 0 Å². The van der Waals surface area contributed by atoms with Crippen LogP contribution < -0.4 is 0 Å². The number of ether oxygens (including phenoxy) is 2. The van der Waals surface area contributed by atoms with Crippen LogP contribution in [0.2, 0.25) is 0 Å². The monoisotopic (exact) mass is 418 g/mol. The molecule has 6 nitrogen and oxygen atoms in total. The summed E-state index contributed by atoms with van der Waals surface area (Å²) in [7, 11) is 0. The molecule has 0 radical (unpaired) electrons. The van der Waals surface area contributed by atoms with Gasteiger partial charge in [-0.05, 0) is 23.1 Å². The zero-order valence-corrected chi connectivity index (χ0v) is 17.8. The van der Waals surface area contributed by atoms with Gasteiger partial charge in [-0.3, -0.25) is 4.79 Å². The molecule has 0 aliphatic carbocycles. The second-order valence-corrected chi connectivity index (χ2v) is 7.62. The maximum atomic E-state index is 13.1. The van der Waals surface area contributed by atoms with Crippen LogP contribution in [0.3, 0.4) is 0 Å². The molecule has 0 aromatic heterocycles. The normalized spacial score (nSPS) is 15.3. The predicted molar refractivity (Wildman–Crippen MR) is 117 cm³/mol. The third kappa shape index (κ3) is 5.80. The molecule has 3 rings (SSSR count). The van der Waals surface area contributed by atoms with Crippen LogP contribution >= 0.6 is 0 Å². The number of morpholine rings is 1. The molecule has 2 aromatic rings. The Bertz CT molecular complexity index is 969. The summed E-state index contributed by atoms with van der Waals surface area (Å²) in [4.78, 5) is 27.5. The Morgan fingerprint density at radius 3 is 2.26 bits per heavy atom. The number of hydrogen-bond acceptors (Lipinski definition) is 5. The molecule has 2 aromatic carbocycles. The van der Waals surface area contributed by atoms with Crippen molar-refractivity contribution in [3.63, 3.8) is 0 Å². The molecular weight excluding hydrogens is 392 g/mol. The van der Waals surface area contributed by atoms with E-state index in [4.69, 9.17) is 9.47 Å². The van der Waals surface area contributed by atoms with Crippen LogP contribution in [0, 0.1) is 11.3 Å². The molecule has 1 atom stereocenters. The van der Waals surface area contributed by atoms with Crippen molar-refractivity contribution in [2.75, 3.05) is 26.3 Å². The van der Waals surface area contributed by atoms with E-state index in [1.807, 2.05) is 36.4 Å². The Labute approximate surface area is 182 Å². The summed E-state index contributed by atoms with van der Waals surface area (Å²) in [5.74, 6) is -0.761. The lowest BCUT2D eigenvalue weighted by Crippen LogP contribution is -2.44. The standard InChI is InChI=1S/C25H26N2O4/c1-18(2)20-10-8-19(9-11-20)16-22(17-26)25(29)31-23(21-6-4-3-5-7-21)24(28)27-12-14-30-15-13-27/h3-11,16,18,23H,12-15H2,1-2H3/b22-16+/t23-/m1/s1. The minimum absolute atomic E-state index is 0.159. The van der Waals surface area contributed by atoms with Crippen molar-refractivity contribution in [2.45, 2.75) is 25.9 Å². The molecule has 0 N–H and O–H groups in total. The van der Waals surface area contributed by atoms with Crippen molar-refractivity contribution in [1.82, 2.24) is 4.90 Å². The van der Waals surface area contributed by atoms with Crippen LogP contribution in [0.5, 0.6) is 0 Å². The number of benzene rings is 2. The van der Waals surface area contributed by atoms with Gasteiger partial charge in [-0.1, -0.05) is 68.4 Å². The van der Waals surface area contributed by atoms with E-state index < -0.39 is 12.1 Å². The van der Waals surface area contributed by atoms with E-state index in [-0.39, 0.29) is 11.5 Å². The zero-order valence-electron chi connectivity index (χ0n) is 17.8. The van der Waals surface area contributed by atoms with Crippen LogP contribution in [-0.4, -0.2) is 43.1 Å². The first kappa shape index (κ1) is 22.3. The molecule has 1 aliphatic rings. The second kappa shape index (κ2) is 10.6. The second-order valence-electron chi connectivity index (χ2n) is 7.62. The average molecular weight is 418 g/mol. The van der Waals surface area contributed by atoms with Gasteiger partial charge in [-0.25, -0.2) is 4.79 Å². The molecule has 31 heavy (non-hydrogen) atoms. The number of nitriles is 1. The fraction of sp³-hybridized carbons (Fsp3) is 0.320. The number of hydrogen-bond donors (Lipinski definition) is 0. The Kier molecular flexibility index (Phi) is 7.58. The molecular formula is C25H26N2O4. The summed E-state index contributed by atoms with van der Waals surface area (Å²) < 4.78 is 10.9. The van der Waals surface area contributed by atoms with Gasteiger partial charge in [-0.2, -0.15) is 5.26 Å². The molecule has 1 saturated heterocycles. The fourth-order valence-electron chi connectivity index (χ4n) is 3.29. The van der Waals surface area contributed by atoms with Gasteiger partial charge in [0.2, 0.25) is 6.10 Å². The summed E-state index contributed by atoms with van der Waals surface area (Å²) >= 11 is 0. The van der Waals surface area contributed by atoms with Gasteiger partial charge in [0.15, 0.2) is 0 Å². The first-order valence-corrected chi connectivity index (χ1v) is 10.3. The lowest BCUT2D eigenvalue weighted by atomic mass is 10.0. The number of esters is 1. The van der Waals surface area contributed by atoms with Gasteiger partial charge < -0.3 is 14.4 Å². The van der Waals surface area contributed by atoms with Crippen molar-refractivity contribution in [3.8, 4) is 6.07 Å². The third-order valence-electron chi connectivity index (χ3n) is 5.13. The van der Waals surface area contributed by atoms with Crippen LogP contribution in [0.1, 0.15) is 42.6 Å². The largest absolute Gasteiger partial charge is 0.443 e. The van der Waals surface area contributed by atoms with Crippen molar-refractivity contribution in [1.29, 1.82) is 5.26 Å². The minimum Gasteiger partial charge on any atom is -0.443 e. The van der Waals surface area contributed by atoms with Crippen molar-refractivity contribution >= 4 is 18.0 Å². The number of amides is 1. The summed E-state index contributed by atoms with van der Waals surface area (Å²) in [6, 6.07) is 18.4. The van der Waals surface area contributed by atoms with Crippen molar-refractivity contribution in [3.05, 3.63) is 76.9 Å². The van der Waals surface area contributed by atoms with Gasteiger partial charge in [0, 0.05) is 18.7 Å². The highest BCUT2D eigenvalue weighted by Gasteiger charge is 2.31. The lowest BCUT2D eigenvalue weighted by Gasteiger charge is -2.30. The van der Waals surface area contributed by atoms with E-state index in [1.54, 1.807) is 29.2 Å². The number of rotatable bonds is 6. The Hall–Kier alpha value is -3.43. The van der Waals surface area contributed by atoms with Gasteiger partial charge in [0.25, 0.3) is 5.91 Å². The van der Waals surface area contributed by atoms with E-state index in [0.29, 0.717) is 43.3 Å². The minimum atomic E-state index is -1.12. The molecule has 0 saturated carbocycles. The van der Waals surface area contributed by atoms with Gasteiger partial charge in [-0.15, -0.1) is 0 Å². The van der Waals surface area contributed by atoms with Crippen LogP contribution in [0.15, 0.2) is 60.2 Å². The van der Waals surface area contributed by atoms with Gasteiger partial charge in [0.05, 0.1) is 13.2 Å². The summed E-state index contributed by atoms with van der Waals surface area (Å²) in [5, 5.41) is 9.54. The SMILES string of the molecule is CC(C)c1ccc(/C=C(\C#N)C(=O)O[C@@H](C(=O)N2CCOCC2)c2ccccc2)cc1. The Morgan fingerprint density at radius 1 is 1.03 bits per heavy atom. The maximum Gasteiger partial charge on any atom is 0.350 e. The number of carbonyl (C=O) groups is 2. The quantitative estimate of drug-likeness (QED) is 0.404. The smallest absolute Gasteiger partial charge is 0.350 e. The summed E-state index contributed by atoms with van der Waals surface area (Å²) in [6.45, 7) is 5.94. The van der Waals surface area contributed by atoms with E-state index in [9.17, 15) is 14.9 Å². The highest BCUT2D eigenvalue weighted by atomic mass is 16.5. The molecule has 0 spiro atoms. The van der Waals surface area contributed by atoms with Crippen LogP contribution in [0.25, 0.3) is 6.08 Å². The molecule has 1 aliphatic heterocycles. The van der Waals surface area contributed by atoms with Crippen LogP contribution in [0.4, 0.5) is 0 Å². The molecule has 6 heteroatoms. The summed E-state index contributed by atoms with van der Waals surface area (Å²) in [6.07, 6.45) is 0.361. The van der Waals surface area contributed by atoms with E-state index >= 15 is 0 Å². The average Bonchev–Trinajstić information content (AvgIpc) is 2.81. The Balaban J connectivity index is 1.82. The first-order valence-electron chi connectivity index (χ1n) is 10.3. The van der Waals surface area contributed by atoms with E-state index in [2.05, 4.69) is 13.8 Å². The maximum absolute atomic E-state index is 13.1. The molecule has 0 unspecified atom stereocenters. The zero-order chi connectivity index (χ0) is 22.2. The van der Waals surface area contributed by atoms with Gasteiger partial charge in [0.1, 0.15) is 11.6 Å². The molecule has 1 fully saturated rings. The molecule has 160 valence electrons. The van der Waals surface area contributed by atoms with Crippen LogP contribution in [-0.2, 0) is 19.1 Å². The first-order chi connectivity index (χ1) is 15.0. The molecule has 1 amide bonds. The Morgan fingerprint density at radius 2 is 1.68 bits per heavy atom. The van der Waals surface area contributed by atoms with Gasteiger partial charge >= 0.3 is 5.97 Å². The topological polar surface area (TPSA) is 79.6 Å². The summed E-state index contributed by atoms with van der Waals surface area (Å²) in [5.41, 5.74) is 2.28. The number of nitrogens with zero attached hydrogens (tertiary/aromatic N) is 2. The van der Waals surface area contributed by atoms with E-state index in [0.717, 1.165) is 0 Å². The highest BCUT2D eigenvalue weighted by Crippen LogP contribution is 2.23. The molecule has 0 bridgehead atoms. The molecule has 1 heterocycles. The number of carbonyl (C=O) groups excluding carboxylic acids is 2. The lowest BCUT2D eigenvalue weighted by molar-refractivity contribution is -0.159. The van der Waals surface area contributed by atoms with Crippen molar-refractivity contribution < 1.29 is 19.1 Å². The highest BCUT2D eigenvalue weighted by molar-refractivity contribution is 5.99. The third-order valence-corrected chi connectivity index (χ3v) is 5.13. The predicted octanol–water partition coefficient (Wildman–Crippen LogP) is 3.86. The van der Waals surface area contributed by atoms with E-state index in [1.165, 1.54) is 11.6 Å². The fourth-order valence-corrected chi connectivity index (χ4v) is 3.29.